The molecule has 0 aliphatic heterocycles. The normalized spacial score (nSPS) is 13.3. The highest BCUT2D eigenvalue weighted by Gasteiger charge is 2.16. The van der Waals surface area contributed by atoms with Gasteiger partial charge in [-0.3, -0.25) is 0 Å². The van der Waals surface area contributed by atoms with Crippen LogP contribution in [0.3, 0.4) is 0 Å². The molecule has 0 bridgehead atoms. The van der Waals surface area contributed by atoms with Crippen LogP contribution >= 0.6 is 31.9 Å². The Morgan fingerprint density at radius 3 is 2.00 bits per heavy atom. The molecule has 0 saturated carbocycles. The van der Waals surface area contributed by atoms with Gasteiger partial charge in [-0.05, 0) is 50.2 Å². The van der Waals surface area contributed by atoms with E-state index in [9.17, 15) is 4.39 Å². The lowest BCUT2D eigenvalue weighted by atomic mass is 9.86. The van der Waals surface area contributed by atoms with Crippen LogP contribution in [0.15, 0.2) is 46.9 Å². The highest BCUT2D eigenvalue weighted by molar-refractivity contribution is 9.10. The molecule has 2 aromatic carbocycles. The third-order valence-electron chi connectivity index (χ3n) is 3.31. The fourth-order valence-electron chi connectivity index (χ4n) is 2.01. The van der Waals surface area contributed by atoms with E-state index in [2.05, 4.69) is 76.9 Å². The van der Waals surface area contributed by atoms with Gasteiger partial charge in [-0.15, -0.1) is 0 Å². The summed E-state index contributed by atoms with van der Waals surface area (Å²) in [5, 5.41) is 0. The van der Waals surface area contributed by atoms with Crippen LogP contribution in [0, 0.1) is 5.82 Å². The maximum absolute atomic E-state index is 13.6. The monoisotopic (exact) mass is 398 g/mol. The molecule has 0 N–H and O–H groups in total. The van der Waals surface area contributed by atoms with Crippen LogP contribution in [-0.4, -0.2) is 0 Å². The predicted molar refractivity (Wildman–Crippen MR) is 90.0 cm³/mol. The maximum atomic E-state index is 13.6. The molecule has 1 atom stereocenters. The average molecular weight is 400 g/mol. The molecule has 0 amide bonds. The standard InChI is InChI=1S/C17H17Br2F/c1-17(2,3)13-7-4-11(5-8-13)16(19)12-6-9-14(18)15(20)10-12/h4-10,16H,1-3H3. The van der Waals surface area contributed by atoms with E-state index in [4.69, 9.17) is 0 Å². The second-order valence-corrected chi connectivity index (χ2v) is 7.68. The molecule has 106 valence electrons. The lowest BCUT2D eigenvalue weighted by Crippen LogP contribution is -2.10. The first-order chi connectivity index (χ1) is 9.29. The van der Waals surface area contributed by atoms with Crippen LogP contribution in [0.5, 0.6) is 0 Å². The van der Waals surface area contributed by atoms with Crippen molar-refractivity contribution in [2.45, 2.75) is 31.0 Å². The van der Waals surface area contributed by atoms with E-state index < -0.39 is 0 Å². The van der Waals surface area contributed by atoms with E-state index in [1.807, 2.05) is 6.07 Å². The van der Waals surface area contributed by atoms with Crippen molar-refractivity contribution in [3.63, 3.8) is 0 Å². The van der Waals surface area contributed by atoms with E-state index >= 15 is 0 Å². The lowest BCUT2D eigenvalue weighted by molar-refractivity contribution is 0.590. The molecule has 0 radical (unpaired) electrons. The Hall–Kier alpha value is -0.670. The fourth-order valence-corrected chi connectivity index (χ4v) is 2.85. The van der Waals surface area contributed by atoms with Crippen LogP contribution in [0.1, 0.15) is 42.3 Å². The van der Waals surface area contributed by atoms with Crippen LogP contribution in [0.2, 0.25) is 0 Å². The second-order valence-electron chi connectivity index (χ2n) is 5.91. The van der Waals surface area contributed by atoms with Gasteiger partial charge in [0, 0.05) is 0 Å². The van der Waals surface area contributed by atoms with Gasteiger partial charge in [-0.25, -0.2) is 4.39 Å². The Kier molecular flexibility index (Phi) is 4.70. The molecule has 1 unspecified atom stereocenters. The SMILES string of the molecule is CC(C)(C)c1ccc(C(Br)c2ccc(Br)c(F)c2)cc1. The molecule has 0 nitrogen and oxygen atoms in total. The Balaban J connectivity index is 2.29. The highest BCUT2D eigenvalue weighted by Crippen LogP contribution is 2.33. The van der Waals surface area contributed by atoms with E-state index in [-0.39, 0.29) is 16.1 Å². The smallest absolute Gasteiger partial charge is 0.137 e. The van der Waals surface area contributed by atoms with Crippen molar-refractivity contribution in [1.29, 1.82) is 0 Å². The molecule has 2 rings (SSSR count). The molecule has 0 heterocycles. The van der Waals surface area contributed by atoms with Gasteiger partial charge in [0.25, 0.3) is 0 Å². The number of benzene rings is 2. The van der Waals surface area contributed by atoms with Crippen molar-refractivity contribution >= 4 is 31.9 Å². The minimum absolute atomic E-state index is 0.000816. The molecule has 0 fully saturated rings. The molecule has 0 aliphatic rings. The van der Waals surface area contributed by atoms with Crippen molar-refractivity contribution in [3.05, 3.63) is 69.4 Å². The predicted octanol–water partition coefficient (Wildman–Crippen LogP) is 6.37. The number of halogens is 3. The highest BCUT2D eigenvalue weighted by atomic mass is 79.9. The fraction of sp³-hybridized carbons (Fsp3) is 0.294. The van der Waals surface area contributed by atoms with E-state index in [0.29, 0.717) is 4.47 Å². The van der Waals surface area contributed by atoms with Crippen molar-refractivity contribution < 1.29 is 4.39 Å². The number of hydrogen-bond acceptors (Lipinski definition) is 0. The summed E-state index contributed by atoms with van der Waals surface area (Å²) in [4.78, 5) is -0.000816. The summed E-state index contributed by atoms with van der Waals surface area (Å²) >= 11 is 6.82. The van der Waals surface area contributed by atoms with Crippen LogP contribution in [0.25, 0.3) is 0 Å². The zero-order chi connectivity index (χ0) is 14.9. The van der Waals surface area contributed by atoms with E-state index in [0.717, 1.165) is 11.1 Å². The summed E-state index contributed by atoms with van der Waals surface area (Å²) in [6.45, 7) is 6.58. The van der Waals surface area contributed by atoms with Crippen molar-refractivity contribution in [2.24, 2.45) is 0 Å². The minimum Gasteiger partial charge on any atom is -0.206 e. The van der Waals surface area contributed by atoms with Gasteiger partial charge in [0.1, 0.15) is 5.82 Å². The topological polar surface area (TPSA) is 0 Å². The average Bonchev–Trinajstić information content (AvgIpc) is 2.40. The van der Waals surface area contributed by atoms with Gasteiger partial charge < -0.3 is 0 Å². The van der Waals surface area contributed by atoms with Crippen LogP contribution in [0.4, 0.5) is 4.39 Å². The summed E-state index contributed by atoms with van der Waals surface area (Å²) in [5.74, 6) is -0.238. The zero-order valence-electron chi connectivity index (χ0n) is 11.8. The summed E-state index contributed by atoms with van der Waals surface area (Å²) in [7, 11) is 0. The third-order valence-corrected chi connectivity index (χ3v) is 5.01. The van der Waals surface area contributed by atoms with Gasteiger partial charge in [0.15, 0.2) is 0 Å². The molecule has 2 aromatic rings. The number of rotatable bonds is 2. The van der Waals surface area contributed by atoms with Crippen molar-refractivity contribution in [1.82, 2.24) is 0 Å². The Labute approximate surface area is 136 Å². The van der Waals surface area contributed by atoms with Gasteiger partial charge in [0.2, 0.25) is 0 Å². The molecule has 0 aromatic heterocycles. The molecular formula is C17H17Br2F. The Morgan fingerprint density at radius 1 is 0.950 bits per heavy atom. The van der Waals surface area contributed by atoms with E-state index in [1.165, 1.54) is 5.56 Å². The van der Waals surface area contributed by atoms with Gasteiger partial charge in [-0.2, -0.15) is 0 Å². The van der Waals surface area contributed by atoms with Crippen molar-refractivity contribution in [2.75, 3.05) is 0 Å². The lowest BCUT2D eigenvalue weighted by Gasteiger charge is -2.20. The van der Waals surface area contributed by atoms with Gasteiger partial charge >= 0.3 is 0 Å². The molecule has 0 aliphatic carbocycles. The largest absolute Gasteiger partial charge is 0.206 e. The minimum atomic E-state index is -0.238. The van der Waals surface area contributed by atoms with Gasteiger partial charge in [0.05, 0.1) is 9.30 Å². The first-order valence-corrected chi connectivity index (χ1v) is 8.19. The van der Waals surface area contributed by atoms with Crippen LogP contribution in [-0.2, 0) is 5.41 Å². The first-order valence-electron chi connectivity index (χ1n) is 6.48. The summed E-state index contributed by atoms with van der Waals surface area (Å²) in [6, 6.07) is 13.7. The quantitative estimate of drug-likeness (QED) is 0.514. The molecule has 0 saturated heterocycles. The van der Waals surface area contributed by atoms with Gasteiger partial charge in [-0.1, -0.05) is 67.0 Å². The number of hydrogen-bond donors (Lipinski definition) is 0. The van der Waals surface area contributed by atoms with Crippen LogP contribution < -0.4 is 0 Å². The third kappa shape index (κ3) is 3.50. The Morgan fingerprint density at radius 2 is 1.50 bits per heavy atom. The molecule has 0 spiro atoms. The van der Waals surface area contributed by atoms with Crippen molar-refractivity contribution in [3.8, 4) is 0 Å². The molecule has 3 heteroatoms. The molecule has 20 heavy (non-hydrogen) atoms. The maximum Gasteiger partial charge on any atom is 0.137 e. The number of alkyl halides is 1. The van der Waals surface area contributed by atoms with E-state index in [1.54, 1.807) is 12.1 Å². The zero-order valence-corrected chi connectivity index (χ0v) is 14.9. The summed E-state index contributed by atoms with van der Waals surface area (Å²) < 4.78 is 14.1. The summed E-state index contributed by atoms with van der Waals surface area (Å²) in [6.07, 6.45) is 0. The molecular weight excluding hydrogens is 383 g/mol. The second kappa shape index (κ2) is 5.98. The summed E-state index contributed by atoms with van der Waals surface area (Å²) in [5.41, 5.74) is 3.47. The Bertz CT molecular complexity index is 597. The first kappa shape index (κ1) is 15.7.